The average molecular weight is 362 g/mol. The molecule has 1 unspecified atom stereocenters. The maximum absolute atomic E-state index is 9.36. The number of benzene rings is 1. The molecule has 9 heteroatoms. The molecule has 136 valence electrons. The highest BCUT2D eigenvalue weighted by atomic mass is 16.5. The molecule has 1 aliphatic heterocycles. The second-order valence-electron chi connectivity index (χ2n) is 5.86. The van der Waals surface area contributed by atoms with Crippen molar-refractivity contribution in [2.75, 3.05) is 23.4 Å². The molecule has 0 spiro atoms. The Morgan fingerprint density at radius 1 is 1.33 bits per heavy atom. The smallest absolute Gasteiger partial charge is 0.211 e. The number of aliphatic imine (C=N–C) groups is 1. The summed E-state index contributed by atoms with van der Waals surface area (Å²) in [6.45, 7) is 4.38. The summed E-state index contributed by atoms with van der Waals surface area (Å²) in [4.78, 5) is 8.76. The van der Waals surface area contributed by atoms with Crippen LogP contribution in [0.25, 0.3) is 0 Å². The monoisotopic (exact) mass is 362 g/mol. The first kappa shape index (κ1) is 17.8. The van der Waals surface area contributed by atoms with E-state index < -0.39 is 6.04 Å². The van der Waals surface area contributed by atoms with E-state index in [1.807, 2.05) is 44.3 Å². The minimum absolute atomic E-state index is 0.0112. The number of nitrogens with zero attached hydrogens (tertiary/aromatic N) is 4. The van der Waals surface area contributed by atoms with E-state index in [0.29, 0.717) is 18.0 Å². The lowest BCUT2D eigenvalue weighted by atomic mass is 9.94. The van der Waals surface area contributed by atoms with E-state index in [1.54, 1.807) is 0 Å². The summed E-state index contributed by atoms with van der Waals surface area (Å²) in [5.74, 6) is 1.30. The first-order valence-electron chi connectivity index (χ1n) is 8.22. The summed E-state index contributed by atoms with van der Waals surface area (Å²) in [7, 11) is 0. The van der Waals surface area contributed by atoms with Gasteiger partial charge in [0.1, 0.15) is 35.1 Å². The van der Waals surface area contributed by atoms with Crippen molar-refractivity contribution in [2.45, 2.75) is 19.9 Å². The van der Waals surface area contributed by atoms with Crippen LogP contribution in [0.1, 0.15) is 35.2 Å². The van der Waals surface area contributed by atoms with Crippen molar-refractivity contribution >= 4 is 23.3 Å². The fourth-order valence-electron chi connectivity index (χ4n) is 2.92. The fraction of sp³-hybridized carbons (Fsp3) is 0.222. The van der Waals surface area contributed by atoms with Crippen molar-refractivity contribution in [1.29, 1.82) is 10.5 Å². The molecule has 0 saturated heterocycles. The number of fused-ring (bicyclic) bond motifs is 1. The number of nitrogen functional groups attached to an aromatic ring is 2. The number of hydrogen-bond acceptors (Lipinski definition) is 9. The van der Waals surface area contributed by atoms with Gasteiger partial charge in [-0.15, -0.1) is 0 Å². The van der Waals surface area contributed by atoms with Crippen molar-refractivity contribution in [3.05, 3.63) is 40.5 Å². The molecule has 2 heterocycles. The van der Waals surface area contributed by atoms with Gasteiger partial charge in [0, 0.05) is 5.56 Å². The lowest BCUT2D eigenvalue weighted by Gasteiger charge is -2.26. The number of hydrogen-bond donors (Lipinski definition) is 4. The van der Waals surface area contributed by atoms with Crippen LogP contribution in [0, 0.1) is 29.7 Å². The Bertz CT molecular complexity index is 1020. The summed E-state index contributed by atoms with van der Waals surface area (Å²) in [5.41, 5.74) is 14.7. The third-order valence-corrected chi connectivity index (χ3v) is 4.19. The van der Waals surface area contributed by atoms with Gasteiger partial charge in [-0.05, 0) is 31.0 Å². The van der Waals surface area contributed by atoms with E-state index in [9.17, 15) is 5.26 Å². The van der Waals surface area contributed by atoms with Gasteiger partial charge in [0.2, 0.25) is 5.96 Å². The van der Waals surface area contributed by atoms with Crippen molar-refractivity contribution < 1.29 is 4.74 Å². The van der Waals surface area contributed by atoms with E-state index in [-0.39, 0.29) is 23.0 Å². The lowest BCUT2D eigenvalue weighted by molar-refractivity contribution is 0.337. The molecule has 0 radical (unpaired) electrons. The maximum atomic E-state index is 9.36. The Labute approximate surface area is 156 Å². The molecule has 1 aromatic carbocycles. The Morgan fingerprint density at radius 2 is 2.11 bits per heavy atom. The molecule has 0 bridgehead atoms. The number of ether oxygens (including phenoxy) is 1. The molecule has 0 amide bonds. The largest absolute Gasteiger partial charge is 0.494 e. The Morgan fingerprint density at radius 3 is 2.78 bits per heavy atom. The van der Waals surface area contributed by atoms with Crippen LogP contribution in [0.2, 0.25) is 0 Å². The summed E-state index contributed by atoms with van der Waals surface area (Å²) < 4.78 is 5.67. The predicted molar refractivity (Wildman–Crippen MR) is 102 cm³/mol. The van der Waals surface area contributed by atoms with E-state index in [4.69, 9.17) is 21.5 Å². The molecular weight excluding hydrogens is 344 g/mol. The van der Waals surface area contributed by atoms with E-state index in [2.05, 4.69) is 20.6 Å². The van der Waals surface area contributed by atoms with Crippen LogP contribution < -0.4 is 26.8 Å². The van der Waals surface area contributed by atoms with Crippen LogP contribution in [0.3, 0.4) is 0 Å². The Hall–Kier alpha value is -3.98. The summed E-state index contributed by atoms with van der Waals surface area (Å²) in [5, 5.41) is 23.7. The van der Waals surface area contributed by atoms with Gasteiger partial charge in [0.05, 0.1) is 12.3 Å². The number of aromatic nitrogens is 1. The molecule has 3 rings (SSSR count). The summed E-state index contributed by atoms with van der Waals surface area (Å²) >= 11 is 0. The first-order valence-corrected chi connectivity index (χ1v) is 8.22. The van der Waals surface area contributed by atoms with E-state index in [1.165, 1.54) is 0 Å². The molecule has 2 aromatic rings. The van der Waals surface area contributed by atoms with Gasteiger partial charge in [-0.2, -0.15) is 10.5 Å². The Balaban J connectivity index is 2.22. The van der Waals surface area contributed by atoms with Crippen LogP contribution in [-0.2, 0) is 0 Å². The van der Waals surface area contributed by atoms with Crippen molar-refractivity contribution in [3.8, 4) is 18.0 Å². The van der Waals surface area contributed by atoms with Crippen LogP contribution >= 0.6 is 0 Å². The van der Waals surface area contributed by atoms with Crippen molar-refractivity contribution in [2.24, 2.45) is 4.99 Å². The normalized spacial score (nSPS) is 14.8. The number of aryl methyl sites for hydroxylation is 1. The second kappa shape index (κ2) is 7.10. The van der Waals surface area contributed by atoms with E-state index in [0.717, 1.165) is 16.9 Å². The minimum Gasteiger partial charge on any atom is -0.494 e. The molecule has 0 fully saturated rings. The number of pyridine rings is 1. The predicted octanol–water partition coefficient (Wildman–Crippen LogP) is 1.77. The van der Waals surface area contributed by atoms with Crippen LogP contribution in [0.15, 0.2) is 23.2 Å². The zero-order valence-electron chi connectivity index (χ0n) is 14.9. The molecule has 0 aliphatic carbocycles. The van der Waals surface area contributed by atoms with Crippen molar-refractivity contribution in [1.82, 2.24) is 10.3 Å². The lowest BCUT2D eigenvalue weighted by Crippen LogP contribution is -2.32. The quantitative estimate of drug-likeness (QED) is 0.475. The fourth-order valence-corrected chi connectivity index (χ4v) is 2.92. The number of nitrogens with two attached hydrogens (primary N) is 2. The molecule has 27 heavy (non-hydrogen) atoms. The van der Waals surface area contributed by atoms with Crippen molar-refractivity contribution in [3.63, 3.8) is 0 Å². The standard InChI is InChI=1S/C18H18N8O/c1-3-27-12-6-10(5-4-9(12)2)15-13-14(21)11(7-19)16(22)25-17(13)26-18(24-15)23-8-20/h4-6,15H,3H2,1-2H3,(H6,21,22,23,24,25,26). The zero-order valence-corrected chi connectivity index (χ0v) is 14.9. The molecule has 1 aromatic heterocycles. The molecule has 1 atom stereocenters. The number of nitriles is 2. The third kappa shape index (κ3) is 3.14. The summed E-state index contributed by atoms with van der Waals surface area (Å²) in [6.07, 6.45) is 1.82. The highest BCUT2D eigenvalue weighted by Gasteiger charge is 2.30. The molecule has 1 aliphatic rings. The SMILES string of the molecule is CCOc1cc(C2N=C(NC#N)Nc3nc(N)c(C#N)c(N)c32)ccc1C. The third-order valence-electron chi connectivity index (χ3n) is 4.19. The van der Waals surface area contributed by atoms with Gasteiger partial charge < -0.3 is 21.5 Å². The van der Waals surface area contributed by atoms with Gasteiger partial charge in [0.25, 0.3) is 0 Å². The van der Waals surface area contributed by atoms with Gasteiger partial charge in [-0.25, -0.2) is 9.98 Å². The van der Waals surface area contributed by atoms with Gasteiger partial charge in [-0.3, -0.25) is 5.32 Å². The number of nitrogens with one attached hydrogen (secondary N) is 2. The molecule has 0 saturated carbocycles. The molecular formula is C18H18N8O. The topological polar surface area (TPSA) is 158 Å². The number of guanidine groups is 1. The maximum Gasteiger partial charge on any atom is 0.211 e. The second-order valence-corrected chi connectivity index (χ2v) is 5.86. The summed E-state index contributed by atoms with van der Waals surface area (Å²) in [6, 6.07) is 7.08. The van der Waals surface area contributed by atoms with Crippen LogP contribution in [-0.4, -0.2) is 17.6 Å². The van der Waals surface area contributed by atoms with E-state index >= 15 is 0 Å². The first-order chi connectivity index (χ1) is 13.0. The average Bonchev–Trinajstić information content (AvgIpc) is 2.63. The minimum atomic E-state index is -0.586. The number of rotatable bonds is 3. The Kier molecular flexibility index (Phi) is 4.69. The highest BCUT2D eigenvalue weighted by Crippen LogP contribution is 2.41. The van der Waals surface area contributed by atoms with Crippen LogP contribution in [0.4, 0.5) is 17.3 Å². The zero-order chi connectivity index (χ0) is 19.6. The number of anilines is 3. The van der Waals surface area contributed by atoms with Gasteiger partial charge in [0.15, 0.2) is 6.19 Å². The molecule has 6 N–H and O–H groups in total. The van der Waals surface area contributed by atoms with Crippen LogP contribution in [0.5, 0.6) is 5.75 Å². The van der Waals surface area contributed by atoms with Gasteiger partial charge >= 0.3 is 0 Å². The highest BCUT2D eigenvalue weighted by molar-refractivity contribution is 5.98. The molecule has 9 nitrogen and oxygen atoms in total. The van der Waals surface area contributed by atoms with Gasteiger partial charge in [-0.1, -0.05) is 12.1 Å².